The predicted molar refractivity (Wildman–Crippen MR) is 509 cm³/mol. The Morgan fingerprint density at radius 3 is 1.01 bits per heavy atom. The summed E-state index contributed by atoms with van der Waals surface area (Å²) in [5.74, 6) is 1.90. The molecule has 0 saturated carbocycles. The largest absolute Gasteiger partial charge is 0.494 e. The van der Waals surface area contributed by atoms with Crippen molar-refractivity contribution in [1.29, 1.82) is 0 Å². The number of para-hydroxylation sites is 1. The molecule has 3 amide bonds. The number of hydrogen-bond acceptors (Lipinski definition) is 16. The lowest BCUT2D eigenvalue weighted by atomic mass is 10.1. The van der Waals surface area contributed by atoms with Crippen LogP contribution in [0, 0.1) is 41.5 Å². The van der Waals surface area contributed by atoms with E-state index in [4.69, 9.17) is 121 Å². The molecule has 0 fully saturated rings. The SMILES string of the molecule is Cc1cc(OCCCc2c(C(=O)NS(=O)(=O)c3ccc(OCc4ccccc4)nc3)[nH]c3cc(Cl)ccc23)cc(C)c1Cl.Cc1cc(OCCCc2c(C(=O)NS(=O)(=O)c3ccc(Oc4ccc(Cl)c(Cl)c4)cc3)[nH]c3cc(Cl)ccc23)cc(C)c1Cl.Cc1cc(OCCCc2c(C(=O)NS(=O)(=O)c3ccc(Oc4ccccc4)cc3)[nH]c3cc(Cl)ccc23)cc(C)c1Cl. The molecule has 0 spiro atoms. The number of pyridine rings is 1. The van der Waals surface area contributed by atoms with Crippen molar-refractivity contribution < 1.29 is 68.1 Å². The summed E-state index contributed by atoms with van der Waals surface area (Å²) in [7, 11) is -12.6. The van der Waals surface area contributed by atoms with Gasteiger partial charge in [0, 0.05) is 75.0 Å². The van der Waals surface area contributed by atoms with Gasteiger partial charge in [-0.15, -0.1) is 0 Å². The number of aromatic nitrogens is 4. The van der Waals surface area contributed by atoms with E-state index in [1.165, 1.54) is 60.7 Å². The number of sulfonamides is 3. The summed E-state index contributed by atoms with van der Waals surface area (Å²) in [6.45, 7) is 12.9. The number of nitrogens with zero attached hydrogens (tertiary/aromatic N) is 1. The number of aromatic amines is 3. The molecule has 666 valence electrons. The summed E-state index contributed by atoms with van der Waals surface area (Å²) < 4.78 is 120. The van der Waals surface area contributed by atoms with E-state index in [-0.39, 0.29) is 44.3 Å². The Bertz CT molecular complexity index is 6960. The second-order valence-corrected chi connectivity index (χ2v) is 38.2. The van der Waals surface area contributed by atoms with Gasteiger partial charge in [-0.2, -0.15) is 0 Å². The number of rotatable bonds is 31. The molecule has 22 nitrogen and oxygen atoms in total. The summed E-state index contributed by atoms with van der Waals surface area (Å²) in [5.41, 5.74) is 10.8. The number of halogens is 8. The van der Waals surface area contributed by atoms with Gasteiger partial charge in [0.15, 0.2) is 0 Å². The first-order chi connectivity index (χ1) is 61.6. The third kappa shape index (κ3) is 24.6. The van der Waals surface area contributed by atoms with Crippen LogP contribution in [-0.4, -0.2) is 82.7 Å². The Labute approximate surface area is 785 Å². The molecule has 15 rings (SSSR count). The fourth-order valence-electron chi connectivity index (χ4n) is 14.0. The average molecular weight is 1950 g/mol. The van der Waals surface area contributed by atoms with Crippen LogP contribution in [0.5, 0.6) is 46.1 Å². The molecule has 0 radical (unpaired) electrons. The first-order valence-electron chi connectivity index (χ1n) is 40.1. The average Bonchev–Trinajstić information content (AvgIpc) is 1.64. The molecule has 0 aliphatic rings. The molecular formula is C96H83Cl8N7O15S3. The number of nitrogens with one attached hydrogen (secondary N) is 6. The van der Waals surface area contributed by atoms with Crippen LogP contribution in [0.4, 0.5) is 0 Å². The Balaban J connectivity index is 0.000000165. The van der Waals surface area contributed by atoms with Crippen molar-refractivity contribution in [1.82, 2.24) is 34.1 Å². The van der Waals surface area contributed by atoms with E-state index in [9.17, 15) is 39.6 Å². The van der Waals surface area contributed by atoms with E-state index in [2.05, 4.69) is 34.1 Å². The Morgan fingerprint density at radius 1 is 0.333 bits per heavy atom. The third-order valence-corrected chi connectivity index (χ3v) is 27.6. The minimum Gasteiger partial charge on any atom is -0.494 e. The molecule has 0 atom stereocenters. The molecule has 33 heteroatoms. The number of fused-ring (bicyclic) bond motifs is 3. The van der Waals surface area contributed by atoms with Gasteiger partial charge in [-0.3, -0.25) is 14.4 Å². The molecule has 0 saturated heterocycles. The highest BCUT2D eigenvalue weighted by atomic mass is 35.5. The first-order valence-corrected chi connectivity index (χ1v) is 47.6. The maximum absolute atomic E-state index is 13.4. The maximum atomic E-state index is 13.4. The number of hydrogen-bond donors (Lipinski definition) is 6. The van der Waals surface area contributed by atoms with Crippen LogP contribution >= 0.6 is 92.8 Å². The van der Waals surface area contributed by atoms with Crippen LogP contribution in [0.3, 0.4) is 0 Å². The van der Waals surface area contributed by atoms with Crippen molar-refractivity contribution in [2.24, 2.45) is 0 Å². The van der Waals surface area contributed by atoms with Crippen LogP contribution in [0.1, 0.15) is 106 Å². The van der Waals surface area contributed by atoms with E-state index in [1.807, 2.05) is 133 Å². The Kier molecular flexibility index (Phi) is 31.3. The van der Waals surface area contributed by atoms with Gasteiger partial charge in [0.25, 0.3) is 47.8 Å². The third-order valence-electron chi connectivity index (χ3n) is 20.3. The first kappa shape index (κ1) is 95.2. The minimum atomic E-state index is -4.23. The summed E-state index contributed by atoms with van der Waals surface area (Å²) in [5, 5.41) is 6.59. The monoisotopic (exact) mass is 1950 g/mol. The van der Waals surface area contributed by atoms with Crippen molar-refractivity contribution >= 4 is 173 Å². The van der Waals surface area contributed by atoms with E-state index in [1.54, 1.807) is 78.9 Å². The molecule has 11 aromatic carbocycles. The lowest BCUT2D eigenvalue weighted by Gasteiger charge is -2.11. The minimum absolute atomic E-state index is 0.0704. The van der Waals surface area contributed by atoms with E-state index in [0.29, 0.717) is 172 Å². The highest BCUT2D eigenvalue weighted by Crippen LogP contribution is 2.37. The summed E-state index contributed by atoms with van der Waals surface area (Å²) >= 11 is 49.3. The summed E-state index contributed by atoms with van der Waals surface area (Å²) in [6.07, 6.45) is 4.20. The van der Waals surface area contributed by atoms with Crippen molar-refractivity contribution in [2.45, 2.75) is 101 Å². The van der Waals surface area contributed by atoms with Crippen LogP contribution in [0.2, 0.25) is 40.2 Å². The van der Waals surface area contributed by atoms with E-state index < -0.39 is 47.8 Å². The van der Waals surface area contributed by atoms with Gasteiger partial charge in [-0.05, 0) is 287 Å². The van der Waals surface area contributed by atoms with Crippen molar-refractivity contribution in [3.05, 3.63) is 350 Å². The summed E-state index contributed by atoms with van der Waals surface area (Å²) in [6, 6.07) is 64.6. The molecule has 0 aliphatic carbocycles. The molecule has 6 N–H and O–H groups in total. The lowest BCUT2D eigenvalue weighted by molar-refractivity contribution is 0.0967. The van der Waals surface area contributed by atoms with E-state index in [0.717, 1.165) is 61.3 Å². The molecule has 129 heavy (non-hydrogen) atoms. The predicted octanol–water partition coefficient (Wildman–Crippen LogP) is 24.5. The zero-order chi connectivity index (χ0) is 92.0. The Morgan fingerprint density at radius 2 is 0.659 bits per heavy atom. The molecule has 0 aliphatic heterocycles. The zero-order valence-corrected chi connectivity index (χ0v) is 78.4. The van der Waals surface area contributed by atoms with Crippen molar-refractivity contribution in [3.8, 4) is 46.1 Å². The maximum Gasteiger partial charge on any atom is 0.281 e. The van der Waals surface area contributed by atoms with Crippen LogP contribution in [-0.2, 0) is 55.9 Å². The Hall–Kier alpha value is -11.4. The highest BCUT2D eigenvalue weighted by molar-refractivity contribution is 7.90. The van der Waals surface area contributed by atoms with Gasteiger partial charge < -0.3 is 43.4 Å². The fourth-order valence-corrected chi connectivity index (χ4v) is 18.0. The number of benzene rings is 11. The number of carbonyl (C=O) groups excluding carboxylic acids is 3. The smallest absolute Gasteiger partial charge is 0.281 e. The number of H-pyrrole nitrogens is 3. The molecule has 4 aromatic heterocycles. The number of ether oxygens (including phenoxy) is 6. The van der Waals surface area contributed by atoms with Crippen LogP contribution in [0.15, 0.2) is 251 Å². The van der Waals surface area contributed by atoms with Crippen molar-refractivity contribution in [2.75, 3.05) is 19.8 Å². The van der Waals surface area contributed by atoms with E-state index >= 15 is 0 Å². The molecule has 0 unspecified atom stereocenters. The number of carbonyl (C=O) groups is 3. The lowest BCUT2D eigenvalue weighted by Crippen LogP contribution is -2.31. The number of amides is 3. The van der Waals surface area contributed by atoms with Gasteiger partial charge in [0.2, 0.25) is 5.88 Å². The fraction of sp³-hybridized carbons (Fsp3) is 0.167. The molecular weight excluding hydrogens is 1870 g/mol. The second-order valence-electron chi connectivity index (χ2n) is 29.9. The molecule has 4 heterocycles. The number of aryl methyl sites for hydroxylation is 9. The zero-order valence-electron chi connectivity index (χ0n) is 69.9. The second kappa shape index (κ2) is 42.4. The quantitative estimate of drug-likeness (QED) is 0.0220. The standard InChI is InChI=1S/C32H26Cl4N2O5S.C32H29Cl2N3O5S.C32H28Cl2N2O5S/c1-18-14-23(15-19(2)30(18)36)42-13-3-4-26-25-11-5-20(33)16-29(25)37-31(26)32(39)38-44(40,41)24-9-6-21(7-10-24)43-22-8-12-27(34)28(35)17-22;1-20-15-24(16-21(2)30(20)34)41-14-6-9-27-26-12-10-23(33)17-28(26)36-31(27)32(38)37-43(39,40)25-11-13-29(35-18-25)42-19-22-7-4-3-5-8-22;1-20-17-25(18-21(2)30(20)34)40-16-6-9-28-27-15-10-22(33)19-29(27)35-31(28)32(37)36-42(38,39)26-13-11-24(12-14-26)41-23-7-4-3-5-8-23/h5-12,14-17,37H,3-4,13H2,1-2H3,(H,38,39);3-5,7-8,10-13,15-18,36H,6,9,14,19H2,1-2H3,(H,37,38);3-5,7-8,10-15,17-19,35H,6,9,16H2,1-2H3,(H,36,37). The topological polar surface area (TPSA) is 305 Å². The summed E-state index contributed by atoms with van der Waals surface area (Å²) in [4.78, 5) is 53.0. The highest BCUT2D eigenvalue weighted by Gasteiger charge is 2.29. The molecule has 0 bridgehead atoms. The van der Waals surface area contributed by atoms with Crippen molar-refractivity contribution in [3.63, 3.8) is 0 Å². The molecule has 15 aromatic rings. The van der Waals surface area contributed by atoms with Crippen LogP contribution in [0.25, 0.3) is 32.7 Å². The van der Waals surface area contributed by atoms with Gasteiger partial charge in [-0.1, -0.05) is 160 Å². The van der Waals surface area contributed by atoms with Gasteiger partial charge in [0.1, 0.15) is 68.8 Å². The van der Waals surface area contributed by atoms with Gasteiger partial charge >= 0.3 is 0 Å². The van der Waals surface area contributed by atoms with Gasteiger partial charge in [-0.25, -0.2) is 44.4 Å². The van der Waals surface area contributed by atoms with Crippen LogP contribution < -0.4 is 42.6 Å². The normalized spacial score (nSPS) is 11.5. The van der Waals surface area contributed by atoms with Gasteiger partial charge in [0.05, 0.1) is 45.9 Å².